The number of hydrogen-bond acceptors (Lipinski definition) is 5. The smallest absolute Gasteiger partial charge is 0.352 e. The minimum absolute atomic E-state index is 0.0489. The van der Waals surface area contributed by atoms with Crippen LogP contribution in [0.2, 0.25) is 0 Å². The zero-order chi connectivity index (χ0) is 20.1. The first-order valence-corrected chi connectivity index (χ1v) is 8.10. The Labute approximate surface area is 158 Å². The number of carbonyl (C=O) groups is 2. The van der Waals surface area contributed by atoms with Crippen molar-refractivity contribution in [1.29, 1.82) is 0 Å². The van der Waals surface area contributed by atoms with Crippen LogP contribution in [0.4, 0.5) is 5.69 Å². The van der Waals surface area contributed by atoms with Crippen LogP contribution < -0.4 is 5.32 Å². The number of nitro groups is 1. The van der Waals surface area contributed by atoms with E-state index in [4.69, 9.17) is 4.42 Å². The quantitative estimate of drug-likeness (QED) is 0.383. The first-order valence-electron chi connectivity index (χ1n) is 8.10. The van der Waals surface area contributed by atoms with E-state index in [1.54, 1.807) is 36.4 Å². The van der Waals surface area contributed by atoms with E-state index in [0.717, 1.165) is 0 Å². The van der Waals surface area contributed by atoms with Crippen LogP contribution in [-0.2, 0) is 4.79 Å². The number of benzene rings is 2. The van der Waals surface area contributed by atoms with Crippen molar-refractivity contribution in [2.45, 2.75) is 0 Å². The van der Waals surface area contributed by atoms with Crippen molar-refractivity contribution in [3.05, 3.63) is 93.9 Å². The van der Waals surface area contributed by atoms with Gasteiger partial charge >= 0.3 is 5.97 Å². The van der Waals surface area contributed by atoms with Gasteiger partial charge in [0.05, 0.1) is 4.92 Å². The summed E-state index contributed by atoms with van der Waals surface area (Å²) in [7, 11) is 0. The number of carboxylic acids is 1. The van der Waals surface area contributed by atoms with E-state index in [2.05, 4.69) is 5.32 Å². The highest BCUT2D eigenvalue weighted by Crippen LogP contribution is 2.25. The Kier molecular flexibility index (Phi) is 5.31. The second kappa shape index (κ2) is 8.00. The molecule has 0 aliphatic rings. The molecule has 0 unspecified atom stereocenters. The van der Waals surface area contributed by atoms with Gasteiger partial charge in [-0.3, -0.25) is 14.9 Å². The molecule has 1 heterocycles. The highest BCUT2D eigenvalue weighted by molar-refractivity contribution is 6.02. The molecule has 140 valence electrons. The molecule has 0 radical (unpaired) electrons. The van der Waals surface area contributed by atoms with Gasteiger partial charge in [-0.1, -0.05) is 18.2 Å². The third kappa shape index (κ3) is 4.31. The summed E-state index contributed by atoms with van der Waals surface area (Å²) >= 11 is 0. The van der Waals surface area contributed by atoms with Crippen molar-refractivity contribution < 1.29 is 24.0 Å². The van der Waals surface area contributed by atoms with E-state index in [-0.39, 0.29) is 17.1 Å². The lowest BCUT2D eigenvalue weighted by atomic mass is 10.1. The SMILES string of the molecule is O=C(O)/C(=C\c1ccc(-c2ccc([N+](=O)[O-])cc2)o1)NC(=O)c1ccccc1. The monoisotopic (exact) mass is 378 g/mol. The summed E-state index contributed by atoms with van der Waals surface area (Å²) in [6, 6.07) is 17.1. The van der Waals surface area contributed by atoms with Crippen molar-refractivity contribution in [3.8, 4) is 11.3 Å². The van der Waals surface area contributed by atoms with E-state index in [1.165, 1.54) is 36.4 Å². The Hall–Kier alpha value is -4.20. The molecule has 0 fully saturated rings. The highest BCUT2D eigenvalue weighted by atomic mass is 16.6. The number of nitrogens with one attached hydrogen (secondary N) is 1. The minimum atomic E-state index is -1.32. The number of nitro benzene ring substituents is 1. The van der Waals surface area contributed by atoms with E-state index in [1.807, 2.05) is 0 Å². The average Bonchev–Trinajstić information content (AvgIpc) is 3.16. The molecule has 8 heteroatoms. The topological polar surface area (TPSA) is 123 Å². The maximum Gasteiger partial charge on any atom is 0.352 e. The molecule has 1 amide bonds. The van der Waals surface area contributed by atoms with Gasteiger partial charge in [0.2, 0.25) is 0 Å². The summed E-state index contributed by atoms with van der Waals surface area (Å²) in [4.78, 5) is 33.8. The van der Waals surface area contributed by atoms with Crippen LogP contribution in [-0.4, -0.2) is 21.9 Å². The fourth-order valence-electron chi connectivity index (χ4n) is 2.41. The van der Waals surface area contributed by atoms with Gasteiger partial charge in [-0.25, -0.2) is 4.79 Å². The molecular formula is C20H14N2O6. The number of aliphatic carboxylic acids is 1. The fraction of sp³-hybridized carbons (Fsp3) is 0. The molecule has 1 aromatic heterocycles. The number of carbonyl (C=O) groups excluding carboxylic acids is 1. The predicted molar refractivity (Wildman–Crippen MR) is 100 cm³/mol. The van der Waals surface area contributed by atoms with Crippen molar-refractivity contribution in [1.82, 2.24) is 5.32 Å². The lowest BCUT2D eigenvalue weighted by Crippen LogP contribution is -2.27. The summed E-state index contributed by atoms with van der Waals surface area (Å²) < 4.78 is 5.58. The van der Waals surface area contributed by atoms with Crippen LogP contribution in [0.5, 0.6) is 0 Å². The number of carboxylic acid groups (broad SMARTS) is 1. The molecule has 0 bridgehead atoms. The van der Waals surface area contributed by atoms with Gasteiger partial charge in [0, 0.05) is 29.3 Å². The van der Waals surface area contributed by atoms with Gasteiger partial charge < -0.3 is 14.8 Å². The van der Waals surface area contributed by atoms with Crippen molar-refractivity contribution in [2.75, 3.05) is 0 Å². The lowest BCUT2D eigenvalue weighted by molar-refractivity contribution is -0.384. The number of amides is 1. The van der Waals surface area contributed by atoms with Crippen LogP contribution in [0.15, 0.2) is 76.8 Å². The number of rotatable bonds is 6. The third-order valence-corrected chi connectivity index (χ3v) is 3.79. The highest BCUT2D eigenvalue weighted by Gasteiger charge is 2.15. The molecule has 8 nitrogen and oxygen atoms in total. The largest absolute Gasteiger partial charge is 0.477 e. The van der Waals surface area contributed by atoms with Crippen LogP contribution in [0.25, 0.3) is 17.4 Å². The second-order valence-corrected chi connectivity index (χ2v) is 5.69. The van der Waals surface area contributed by atoms with Crippen molar-refractivity contribution in [3.63, 3.8) is 0 Å². The van der Waals surface area contributed by atoms with Crippen LogP contribution in [0.3, 0.4) is 0 Å². The predicted octanol–water partition coefficient (Wildman–Crippen LogP) is 3.71. The molecule has 0 saturated heterocycles. The Morgan fingerprint density at radius 1 is 1.00 bits per heavy atom. The molecule has 2 N–H and O–H groups in total. The van der Waals surface area contributed by atoms with Gasteiger partial charge in [0.1, 0.15) is 17.2 Å². The first kappa shape index (κ1) is 18.6. The normalized spacial score (nSPS) is 11.1. The maximum absolute atomic E-state index is 12.2. The molecule has 0 atom stereocenters. The van der Waals surface area contributed by atoms with Crippen molar-refractivity contribution in [2.24, 2.45) is 0 Å². The number of non-ortho nitro benzene ring substituents is 1. The summed E-state index contributed by atoms with van der Waals surface area (Å²) in [6.07, 6.45) is 1.19. The molecule has 0 spiro atoms. The summed E-state index contributed by atoms with van der Waals surface area (Å²) in [5.74, 6) is -1.27. The van der Waals surface area contributed by atoms with Gasteiger partial charge in [-0.15, -0.1) is 0 Å². The third-order valence-electron chi connectivity index (χ3n) is 3.79. The number of hydrogen-bond donors (Lipinski definition) is 2. The zero-order valence-corrected chi connectivity index (χ0v) is 14.4. The first-order chi connectivity index (χ1) is 13.4. The van der Waals surface area contributed by atoms with Gasteiger partial charge in [-0.2, -0.15) is 0 Å². The van der Waals surface area contributed by atoms with Crippen molar-refractivity contribution >= 4 is 23.6 Å². The molecule has 0 aliphatic heterocycles. The van der Waals surface area contributed by atoms with E-state index < -0.39 is 16.8 Å². The second-order valence-electron chi connectivity index (χ2n) is 5.69. The Balaban J connectivity index is 1.81. The van der Waals surface area contributed by atoms with Crippen LogP contribution in [0.1, 0.15) is 16.1 Å². The summed E-state index contributed by atoms with van der Waals surface area (Å²) in [5, 5.41) is 22.4. The molecule has 3 rings (SSSR count). The molecular weight excluding hydrogens is 364 g/mol. The summed E-state index contributed by atoms with van der Waals surface area (Å²) in [6.45, 7) is 0. The van der Waals surface area contributed by atoms with Crippen LogP contribution in [0, 0.1) is 10.1 Å². The van der Waals surface area contributed by atoms with Gasteiger partial charge in [0.25, 0.3) is 11.6 Å². The minimum Gasteiger partial charge on any atom is -0.477 e. The molecule has 0 aliphatic carbocycles. The van der Waals surface area contributed by atoms with E-state index in [9.17, 15) is 24.8 Å². The zero-order valence-electron chi connectivity index (χ0n) is 14.4. The Bertz CT molecular complexity index is 1050. The molecule has 28 heavy (non-hydrogen) atoms. The number of furan rings is 1. The molecule has 2 aromatic carbocycles. The van der Waals surface area contributed by atoms with E-state index >= 15 is 0 Å². The Morgan fingerprint density at radius 2 is 1.68 bits per heavy atom. The molecule has 3 aromatic rings. The maximum atomic E-state index is 12.2. The number of nitrogens with zero attached hydrogens (tertiary/aromatic N) is 1. The lowest BCUT2D eigenvalue weighted by Gasteiger charge is -2.05. The molecule has 0 saturated carbocycles. The average molecular weight is 378 g/mol. The summed E-state index contributed by atoms with van der Waals surface area (Å²) in [5.41, 5.74) is 0.516. The van der Waals surface area contributed by atoms with Gasteiger partial charge in [-0.05, 0) is 36.4 Å². The van der Waals surface area contributed by atoms with Gasteiger partial charge in [0.15, 0.2) is 0 Å². The van der Waals surface area contributed by atoms with Crippen LogP contribution >= 0.6 is 0 Å². The standard InChI is InChI=1S/C20H14N2O6/c23-19(14-4-2-1-3-5-14)21-17(20(24)25)12-16-10-11-18(28-16)13-6-8-15(9-7-13)22(26)27/h1-12H,(H,21,23)(H,24,25)/b17-12+. The van der Waals surface area contributed by atoms with E-state index in [0.29, 0.717) is 16.9 Å². The Morgan fingerprint density at radius 3 is 2.29 bits per heavy atom. The fourth-order valence-corrected chi connectivity index (χ4v) is 2.41.